The first kappa shape index (κ1) is 46.6. The van der Waals surface area contributed by atoms with Gasteiger partial charge in [0.15, 0.2) is 27.8 Å². The number of esters is 2. The highest BCUT2D eigenvalue weighted by molar-refractivity contribution is 6.74. The molecule has 0 radical (unpaired) electrons. The number of nitrogens with one attached hydrogen (secondary N) is 2. The molecule has 0 bridgehead atoms. The lowest BCUT2D eigenvalue weighted by molar-refractivity contribution is -0.236. The molecule has 0 aromatic rings. The Bertz CT molecular complexity index is 1340. The molecule has 3 aliphatic heterocycles. The fourth-order valence-corrected chi connectivity index (χ4v) is 10.5. The van der Waals surface area contributed by atoms with Crippen LogP contribution >= 0.6 is 11.6 Å². The van der Waals surface area contributed by atoms with Crippen LogP contribution in [-0.4, -0.2) is 105 Å². The van der Waals surface area contributed by atoms with Crippen molar-refractivity contribution in [2.45, 2.75) is 167 Å². The fourth-order valence-electron chi connectivity index (χ4n) is 7.36. The van der Waals surface area contributed by atoms with Crippen molar-refractivity contribution in [2.75, 3.05) is 19.6 Å². The van der Waals surface area contributed by atoms with E-state index in [0.29, 0.717) is 12.3 Å². The molecule has 0 spiro atoms. The van der Waals surface area contributed by atoms with Crippen molar-refractivity contribution in [1.82, 2.24) is 10.6 Å². The van der Waals surface area contributed by atoms with E-state index in [4.69, 9.17) is 29.9 Å². The largest absolute Gasteiger partial charge is 0.467 e. The highest BCUT2D eigenvalue weighted by Crippen LogP contribution is 2.55. The van der Waals surface area contributed by atoms with E-state index in [-0.39, 0.29) is 40.8 Å². The number of rotatable bonds is 13. The van der Waals surface area contributed by atoms with Crippen LogP contribution in [-0.2, 0) is 37.5 Å². The zero-order valence-corrected chi connectivity index (χ0v) is 37.6. The monoisotopic (exact) mass is 792 g/mol. The van der Waals surface area contributed by atoms with E-state index in [1.165, 1.54) is 14.0 Å². The van der Waals surface area contributed by atoms with Crippen LogP contribution in [0.5, 0.6) is 0 Å². The van der Waals surface area contributed by atoms with Crippen molar-refractivity contribution in [2.24, 2.45) is 23.7 Å². The average molecular weight is 794 g/mol. The second-order valence-electron chi connectivity index (χ2n) is 18.9. The van der Waals surface area contributed by atoms with Crippen LogP contribution < -0.4 is 10.6 Å². The van der Waals surface area contributed by atoms with E-state index in [1.54, 1.807) is 0 Å². The van der Waals surface area contributed by atoms with Crippen molar-refractivity contribution in [1.29, 1.82) is 0 Å². The van der Waals surface area contributed by atoms with Crippen molar-refractivity contribution >= 4 is 52.0 Å². The zero-order chi connectivity index (χ0) is 40.8. The molecule has 3 rings (SSSR count). The third kappa shape index (κ3) is 7.64. The van der Waals surface area contributed by atoms with Gasteiger partial charge in [0.2, 0.25) is 17.4 Å². The smallest absolute Gasteiger partial charge is 0.339 e. The van der Waals surface area contributed by atoms with E-state index in [1.807, 2.05) is 34.6 Å². The maximum atomic E-state index is 13.0. The van der Waals surface area contributed by atoms with Crippen molar-refractivity contribution in [3.63, 3.8) is 0 Å². The topological polar surface area (TPSA) is 170 Å². The molecule has 0 unspecified atom stereocenters. The molecule has 0 aromatic carbocycles. The molecule has 0 aromatic heterocycles. The van der Waals surface area contributed by atoms with Gasteiger partial charge in [-0.2, -0.15) is 0 Å². The number of hydrogen-bond donors (Lipinski definition) is 4. The first-order valence-corrected chi connectivity index (χ1v) is 24.9. The predicted molar refractivity (Wildman–Crippen MR) is 207 cm³/mol. The lowest BCUT2D eigenvalue weighted by Crippen LogP contribution is -2.81. The molecule has 3 aliphatic rings. The first-order chi connectivity index (χ1) is 23.3. The minimum atomic E-state index is -2.35. The molecule has 0 saturated carbocycles. The third-order valence-corrected chi connectivity index (χ3v) is 21.8. The Morgan fingerprint density at radius 1 is 0.846 bits per heavy atom. The maximum Gasteiger partial charge on any atom is 0.339 e. The summed E-state index contributed by atoms with van der Waals surface area (Å²) in [5, 5.41) is 26.3. The molecule has 52 heavy (non-hydrogen) atoms. The zero-order valence-electron chi connectivity index (χ0n) is 34.8. The number of aliphatic hydroxyl groups excluding tert-OH is 1. The van der Waals surface area contributed by atoms with Gasteiger partial charge in [0.1, 0.15) is 5.60 Å². The van der Waals surface area contributed by atoms with Gasteiger partial charge in [-0.25, -0.2) is 9.59 Å². The lowest BCUT2D eigenvalue weighted by atomic mass is 9.66. The SMILES string of the molecule is CC(C)[C@H](O[Si](C)(C)C(C)(C)C)[C@@]12NC(=O)[C@H](CCCl)[C@]1(C)OC2=O.COC(=O)[C@]1([C@@H](O[Si](C)(C)C(C)(C)C)C(C)C)NC(=O)[C@H](CCO)[C@]1(C)O. The molecule has 0 aliphatic carbocycles. The van der Waals surface area contributed by atoms with Crippen molar-refractivity contribution in [3.05, 3.63) is 0 Å². The number of ether oxygens (including phenoxy) is 2. The minimum Gasteiger partial charge on any atom is -0.467 e. The second kappa shape index (κ2) is 15.5. The summed E-state index contributed by atoms with van der Waals surface area (Å²) in [6, 6.07) is 0. The van der Waals surface area contributed by atoms with Crippen molar-refractivity contribution < 1.29 is 47.7 Å². The molecular weight excluding hydrogens is 724 g/mol. The summed E-state index contributed by atoms with van der Waals surface area (Å²) in [5.41, 5.74) is -5.56. The molecule has 15 heteroatoms. The van der Waals surface area contributed by atoms with Gasteiger partial charge in [0, 0.05) is 12.5 Å². The minimum absolute atomic E-state index is 0.00101. The number of methoxy groups -OCH3 is 1. The molecule has 3 fully saturated rings. The standard InChI is InChI=1S/C19H37NO6Si.C18H32ClNO4Si/c1-12(2)14(26-27(8,9)17(3,4)5)19(16(23)25-7)18(6,24)13(10-11-21)15(22)20-19;1-11(2)13(24-25(7,8)16(3,4)5)18-15(22)23-17(18,6)12(9-10-19)14(21)20-18/h12-14,21,24H,10-11H2,1-9H3,(H,20,22);11-13H,9-10H2,1-8H3,(H,20,21)/t13-,14-,18-,19-;12-,13-,17-,18-/m00/s1. The van der Waals surface area contributed by atoms with Gasteiger partial charge in [0.25, 0.3) is 0 Å². The van der Waals surface area contributed by atoms with E-state index >= 15 is 0 Å². The van der Waals surface area contributed by atoms with Crippen LogP contribution in [0.25, 0.3) is 0 Å². The number of hydrogen-bond acceptors (Lipinski definition) is 10. The summed E-state index contributed by atoms with van der Waals surface area (Å²) in [4.78, 5) is 51.0. The summed E-state index contributed by atoms with van der Waals surface area (Å²) in [5.74, 6) is -2.94. The van der Waals surface area contributed by atoms with Crippen LogP contribution in [0, 0.1) is 23.7 Å². The number of carbonyl (C=O) groups excluding carboxylic acids is 4. The Kier molecular flexibility index (Phi) is 13.9. The normalized spacial score (nSPS) is 31.9. The fraction of sp³-hybridized carbons (Fsp3) is 0.892. The van der Waals surface area contributed by atoms with Gasteiger partial charge in [-0.15, -0.1) is 11.6 Å². The van der Waals surface area contributed by atoms with Crippen LogP contribution in [0.3, 0.4) is 0 Å². The lowest BCUT2D eigenvalue weighted by Gasteiger charge is -2.57. The highest BCUT2D eigenvalue weighted by Gasteiger charge is 2.80. The number of fused-ring (bicyclic) bond motifs is 1. The Morgan fingerprint density at radius 3 is 1.65 bits per heavy atom. The quantitative estimate of drug-likeness (QED) is 0.109. The van der Waals surface area contributed by atoms with E-state index in [2.05, 4.69) is 78.4 Å². The molecule has 4 N–H and O–H groups in total. The molecule has 2 amide bonds. The number of carbonyl (C=O) groups is 4. The van der Waals surface area contributed by atoms with Crippen molar-refractivity contribution in [3.8, 4) is 0 Å². The van der Waals surface area contributed by atoms with Gasteiger partial charge < -0.3 is 39.2 Å². The third-order valence-electron chi connectivity index (χ3n) is 12.7. The van der Waals surface area contributed by atoms with E-state index < -0.39 is 80.8 Å². The summed E-state index contributed by atoms with van der Waals surface area (Å²) >= 11 is 5.89. The van der Waals surface area contributed by atoms with Gasteiger partial charge in [0.05, 0.1) is 31.2 Å². The van der Waals surface area contributed by atoms with Gasteiger partial charge >= 0.3 is 11.9 Å². The number of alkyl halides is 1. The van der Waals surface area contributed by atoms with E-state index in [0.717, 1.165) is 0 Å². The Balaban J connectivity index is 0.000000361. The molecule has 8 atom stereocenters. The first-order valence-electron chi connectivity index (χ1n) is 18.5. The number of amides is 2. The van der Waals surface area contributed by atoms with Crippen LogP contribution in [0.2, 0.25) is 36.3 Å². The number of aliphatic hydroxyl groups is 2. The molecule has 3 heterocycles. The Hall–Kier alpha value is -1.56. The summed E-state index contributed by atoms with van der Waals surface area (Å²) in [7, 11) is -3.27. The molecular formula is C37H69ClN2O10Si2. The molecule has 302 valence electrons. The van der Waals surface area contributed by atoms with Crippen LogP contribution in [0.1, 0.15) is 95.9 Å². The summed E-state index contributed by atoms with van der Waals surface area (Å²) in [6.07, 6.45) is -0.691. The van der Waals surface area contributed by atoms with Crippen LogP contribution in [0.15, 0.2) is 0 Å². The predicted octanol–water partition coefficient (Wildman–Crippen LogP) is 5.29. The summed E-state index contributed by atoms with van der Waals surface area (Å²) < 4.78 is 23.9. The second-order valence-corrected chi connectivity index (χ2v) is 28.8. The Labute approximate surface area is 319 Å². The highest BCUT2D eigenvalue weighted by atomic mass is 35.5. The number of halogens is 1. The molecule has 3 saturated heterocycles. The average Bonchev–Trinajstić information content (AvgIpc) is 3.29. The maximum absolute atomic E-state index is 13.0. The summed E-state index contributed by atoms with van der Waals surface area (Å²) in [6.45, 7) is 32.0. The van der Waals surface area contributed by atoms with Crippen LogP contribution in [0.4, 0.5) is 0 Å². The van der Waals surface area contributed by atoms with Gasteiger partial charge in [-0.3, -0.25) is 9.59 Å². The molecule has 12 nitrogen and oxygen atoms in total. The van der Waals surface area contributed by atoms with E-state index in [9.17, 15) is 29.4 Å². The van der Waals surface area contributed by atoms with Gasteiger partial charge in [-0.05, 0) is 74.8 Å². The Morgan fingerprint density at radius 2 is 1.29 bits per heavy atom. The van der Waals surface area contributed by atoms with Gasteiger partial charge in [-0.1, -0.05) is 69.2 Å².